The Hall–Kier alpha value is -2.23. The van der Waals surface area contributed by atoms with Gasteiger partial charge in [0.25, 0.3) is 5.91 Å². The summed E-state index contributed by atoms with van der Waals surface area (Å²) < 4.78 is 27.3. The van der Waals surface area contributed by atoms with Gasteiger partial charge >= 0.3 is 0 Å². The summed E-state index contributed by atoms with van der Waals surface area (Å²) >= 11 is 1.12. The quantitative estimate of drug-likeness (QED) is 0.716. The molecule has 1 aromatic carbocycles. The number of nitrogens with one attached hydrogen (secondary N) is 2. The summed E-state index contributed by atoms with van der Waals surface area (Å²) in [4.78, 5) is 20.2. The topological polar surface area (TPSA) is 95.2 Å². The number of para-hydroxylation sites is 2. The Kier molecular flexibility index (Phi) is 4.51. The maximum Gasteiger partial charge on any atom is 0.269 e. The Balaban J connectivity index is 1.60. The lowest BCUT2D eigenvalue weighted by Crippen LogP contribution is -2.36. The number of benzene rings is 1. The molecule has 26 heavy (non-hydrogen) atoms. The zero-order valence-electron chi connectivity index (χ0n) is 13.9. The Bertz CT molecular complexity index is 1020. The Morgan fingerprint density at radius 1 is 1.15 bits per heavy atom. The molecule has 1 amide bonds. The number of piperidine rings is 1. The molecule has 0 saturated carbocycles. The predicted octanol–water partition coefficient (Wildman–Crippen LogP) is 3.05. The maximum absolute atomic E-state index is 12.9. The molecule has 1 aliphatic heterocycles. The first-order valence-corrected chi connectivity index (χ1v) is 10.7. The van der Waals surface area contributed by atoms with Gasteiger partial charge in [-0.15, -0.1) is 11.3 Å². The fourth-order valence-electron chi connectivity index (χ4n) is 3.09. The molecule has 3 heterocycles. The molecule has 4 rings (SSSR count). The van der Waals surface area contributed by atoms with Crippen molar-refractivity contribution < 1.29 is 13.2 Å². The minimum atomic E-state index is -3.66. The summed E-state index contributed by atoms with van der Waals surface area (Å²) in [5, 5.41) is 4.30. The fourth-order valence-corrected chi connectivity index (χ4v) is 5.90. The second-order valence-electron chi connectivity index (χ2n) is 6.14. The van der Waals surface area contributed by atoms with Gasteiger partial charge in [-0.1, -0.05) is 18.6 Å². The molecule has 2 N–H and O–H groups in total. The highest BCUT2D eigenvalue weighted by atomic mass is 32.2. The van der Waals surface area contributed by atoms with E-state index < -0.39 is 15.9 Å². The molecule has 1 saturated heterocycles. The molecule has 0 aliphatic carbocycles. The summed E-state index contributed by atoms with van der Waals surface area (Å²) in [6.07, 6.45) is 2.74. The number of hydrogen-bond acceptors (Lipinski definition) is 5. The van der Waals surface area contributed by atoms with Gasteiger partial charge in [-0.05, 0) is 36.4 Å². The number of carbonyl (C=O) groups excluding carboxylic acids is 1. The van der Waals surface area contributed by atoms with Crippen molar-refractivity contribution in [2.75, 3.05) is 18.4 Å². The lowest BCUT2D eigenvalue weighted by atomic mass is 10.2. The van der Waals surface area contributed by atoms with E-state index in [1.54, 1.807) is 5.38 Å². The van der Waals surface area contributed by atoms with Gasteiger partial charge in [0.15, 0.2) is 0 Å². The van der Waals surface area contributed by atoms with E-state index in [0.29, 0.717) is 19.0 Å². The number of aromatic nitrogens is 2. The smallest absolute Gasteiger partial charge is 0.269 e. The zero-order valence-corrected chi connectivity index (χ0v) is 15.6. The SMILES string of the molecule is O=C(Nc1nc2ccccc2[nH]1)c1sccc1S(=O)(=O)N1CCCCC1. The standard InChI is InChI=1S/C17H18N4O3S2/c22-16(20-17-18-12-6-2-3-7-13(12)19-17)15-14(8-11-25-15)26(23,24)21-9-4-1-5-10-21/h2-3,6-8,11H,1,4-5,9-10H2,(H2,18,19,20,22). The summed E-state index contributed by atoms with van der Waals surface area (Å²) in [7, 11) is -3.66. The molecule has 2 aromatic heterocycles. The van der Waals surface area contributed by atoms with Crippen LogP contribution in [-0.2, 0) is 10.0 Å². The molecule has 0 bridgehead atoms. The Morgan fingerprint density at radius 2 is 1.92 bits per heavy atom. The monoisotopic (exact) mass is 390 g/mol. The molecule has 0 radical (unpaired) electrons. The fraction of sp³-hybridized carbons (Fsp3) is 0.294. The molecule has 1 fully saturated rings. The van der Waals surface area contributed by atoms with Crippen LogP contribution in [0.4, 0.5) is 5.95 Å². The number of H-pyrrole nitrogens is 1. The van der Waals surface area contributed by atoms with Crippen molar-refractivity contribution in [3.63, 3.8) is 0 Å². The number of thiophene rings is 1. The average molecular weight is 390 g/mol. The van der Waals surface area contributed by atoms with E-state index in [1.807, 2.05) is 24.3 Å². The van der Waals surface area contributed by atoms with Gasteiger partial charge in [0.05, 0.1) is 11.0 Å². The number of aromatic amines is 1. The summed E-state index contributed by atoms with van der Waals surface area (Å²) in [6, 6.07) is 8.92. The lowest BCUT2D eigenvalue weighted by Gasteiger charge is -2.25. The van der Waals surface area contributed by atoms with Crippen LogP contribution in [0.1, 0.15) is 28.9 Å². The average Bonchev–Trinajstić information content (AvgIpc) is 3.29. The Morgan fingerprint density at radius 3 is 2.69 bits per heavy atom. The predicted molar refractivity (Wildman–Crippen MR) is 101 cm³/mol. The highest BCUT2D eigenvalue weighted by Crippen LogP contribution is 2.28. The maximum atomic E-state index is 12.9. The first-order chi connectivity index (χ1) is 12.6. The van der Waals surface area contributed by atoms with Crippen LogP contribution in [0.3, 0.4) is 0 Å². The molecular formula is C17H18N4O3S2. The van der Waals surface area contributed by atoms with Crippen LogP contribution < -0.4 is 5.32 Å². The van der Waals surface area contributed by atoms with Crippen LogP contribution in [-0.4, -0.2) is 41.7 Å². The first-order valence-electron chi connectivity index (χ1n) is 8.39. The molecule has 7 nitrogen and oxygen atoms in total. The van der Waals surface area contributed by atoms with Crippen molar-refractivity contribution in [3.8, 4) is 0 Å². The minimum absolute atomic E-state index is 0.0676. The zero-order chi connectivity index (χ0) is 18.1. The largest absolute Gasteiger partial charge is 0.324 e. The van der Waals surface area contributed by atoms with Crippen LogP contribution in [0.5, 0.6) is 0 Å². The molecule has 136 valence electrons. The van der Waals surface area contributed by atoms with E-state index in [-0.39, 0.29) is 9.77 Å². The van der Waals surface area contributed by atoms with Crippen LogP contribution >= 0.6 is 11.3 Å². The van der Waals surface area contributed by atoms with Gasteiger partial charge in [0.2, 0.25) is 16.0 Å². The Labute approximate surface area is 155 Å². The molecule has 0 unspecified atom stereocenters. The number of imidazole rings is 1. The highest BCUT2D eigenvalue weighted by Gasteiger charge is 2.31. The van der Waals surface area contributed by atoms with E-state index in [2.05, 4.69) is 15.3 Å². The second-order valence-corrected chi connectivity index (χ2v) is 8.96. The van der Waals surface area contributed by atoms with Gasteiger partial charge in [-0.2, -0.15) is 4.31 Å². The van der Waals surface area contributed by atoms with Crippen LogP contribution in [0.2, 0.25) is 0 Å². The highest BCUT2D eigenvalue weighted by molar-refractivity contribution is 7.89. The van der Waals surface area contributed by atoms with Crippen molar-refractivity contribution in [2.24, 2.45) is 0 Å². The van der Waals surface area contributed by atoms with Crippen molar-refractivity contribution in [1.29, 1.82) is 0 Å². The van der Waals surface area contributed by atoms with Gasteiger partial charge in [-0.3, -0.25) is 10.1 Å². The summed E-state index contributed by atoms with van der Waals surface area (Å²) in [6.45, 7) is 1.01. The van der Waals surface area contributed by atoms with Crippen LogP contribution in [0, 0.1) is 0 Å². The number of fused-ring (bicyclic) bond motifs is 1. The molecule has 3 aromatic rings. The molecule has 0 spiro atoms. The summed E-state index contributed by atoms with van der Waals surface area (Å²) in [5.74, 6) is -0.180. The van der Waals surface area contributed by atoms with E-state index >= 15 is 0 Å². The van der Waals surface area contributed by atoms with Gasteiger partial charge in [-0.25, -0.2) is 13.4 Å². The molecular weight excluding hydrogens is 372 g/mol. The molecule has 1 aliphatic rings. The minimum Gasteiger partial charge on any atom is -0.324 e. The lowest BCUT2D eigenvalue weighted by molar-refractivity contribution is 0.102. The third-order valence-electron chi connectivity index (χ3n) is 4.39. The number of nitrogens with zero attached hydrogens (tertiary/aromatic N) is 2. The van der Waals surface area contributed by atoms with E-state index in [1.165, 1.54) is 10.4 Å². The number of anilines is 1. The normalized spacial score (nSPS) is 16.0. The van der Waals surface area contributed by atoms with Crippen molar-refractivity contribution in [3.05, 3.63) is 40.6 Å². The van der Waals surface area contributed by atoms with Crippen molar-refractivity contribution in [2.45, 2.75) is 24.2 Å². The van der Waals surface area contributed by atoms with Gasteiger partial charge in [0.1, 0.15) is 9.77 Å². The molecule has 0 atom stereocenters. The third kappa shape index (κ3) is 3.13. The molecule has 9 heteroatoms. The second kappa shape index (κ2) is 6.82. The third-order valence-corrected chi connectivity index (χ3v) is 7.37. The summed E-state index contributed by atoms with van der Waals surface area (Å²) in [5.41, 5.74) is 1.53. The van der Waals surface area contributed by atoms with Gasteiger partial charge in [0, 0.05) is 13.1 Å². The number of hydrogen-bond donors (Lipinski definition) is 2. The number of amides is 1. The number of carbonyl (C=O) groups is 1. The van der Waals surface area contributed by atoms with Crippen LogP contribution in [0.25, 0.3) is 11.0 Å². The van der Waals surface area contributed by atoms with E-state index in [0.717, 1.165) is 41.6 Å². The van der Waals surface area contributed by atoms with E-state index in [4.69, 9.17) is 0 Å². The van der Waals surface area contributed by atoms with Gasteiger partial charge < -0.3 is 4.98 Å². The van der Waals surface area contributed by atoms with Crippen molar-refractivity contribution >= 4 is 44.2 Å². The number of rotatable bonds is 4. The number of sulfonamides is 1. The van der Waals surface area contributed by atoms with E-state index in [9.17, 15) is 13.2 Å². The van der Waals surface area contributed by atoms with Crippen molar-refractivity contribution in [1.82, 2.24) is 14.3 Å². The first kappa shape index (κ1) is 17.2. The van der Waals surface area contributed by atoms with Crippen LogP contribution in [0.15, 0.2) is 40.6 Å².